The lowest BCUT2D eigenvalue weighted by Crippen LogP contribution is -2.25. The van der Waals surface area contributed by atoms with Crippen LogP contribution in [0.5, 0.6) is 0 Å². The predicted octanol–water partition coefficient (Wildman–Crippen LogP) is 0.918. The van der Waals surface area contributed by atoms with Gasteiger partial charge in [-0.15, -0.1) is 0 Å². The smallest absolute Gasteiger partial charge is 0.0616 e. The van der Waals surface area contributed by atoms with Crippen molar-refractivity contribution in [1.82, 2.24) is 0 Å². The van der Waals surface area contributed by atoms with E-state index in [0.717, 1.165) is 0 Å². The lowest BCUT2D eigenvalue weighted by atomic mass is 10.00. The molecule has 0 amide bonds. The summed E-state index contributed by atoms with van der Waals surface area (Å²) in [6, 6.07) is 0. The van der Waals surface area contributed by atoms with Gasteiger partial charge >= 0.3 is 0 Å². The maximum atomic E-state index is 9.16. The highest BCUT2D eigenvalue weighted by atomic mass is 16.3. The van der Waals surface area contributed by atoms with E-state index in [1.165, 1.54) is 0 Å². The molecule has 0 saturated carbocycles. The van der Waals surface area contributed by atoms with Crippen molar-refractivity contribution in [2.24, 2.45) is 0 Å². The molecule has 0 rings (SSSR count). The zero-order valence-electron chi connectivity index (χ0n) is 6.39. The molecule has 1 atom stereocenters. The van der Waals surface area contributed by atoms with E-state index < -0.39 is 5.60 Å². The molecule has 2 N–H and O–H groups in total. The molecular formula is C7H16O2. The normalized spacial score (nSPS) is 15.7. The molecule has 56 valence electrons. The van der Waals surface area contributed by atoms with Gasteiger partial charge in [0.05, 0.1) is 11.7 Å². The summed E-state index contributed by atoms with van der Waals surface area (Å²) in [5.74, 6) is 0. The second-order valence-corrected chi connectivity index (χ2v) is 3.08. The van der Waals surface area contributed by atoms with Gasteiger partial charge in [0.1, 0.15) is 0 Å². The Morgan fingerprint density at radius 1 is 1.44 bits per heavy atom. The largest absolute Gasteiger partial charge is 0.393 e. The molecule has 0 spiro atoms. The van der Waals surface area contributed by atoms with Crippen molar-refractivity contribution in [2.75, 3.05) is 0 Å². The number of aliphatic hydroxyl groups is 2. The summed E-state index contributed by atoms with van der Waals surface area (Å²) < 4.78 is 0. The summed E-state index contributed by atoms with van der Waals surface area (Å²) >= 11 is 0. The summed E-state index contributed by atoms with van der Waals surface area (Å²) in [6.45, 7) is 5.30. The second kappa shape index (κ2) is 3.18. The van der Waals surface area contributed by atoms with Gasteiger partial charge in [-0.25, -0.2) is 0 Å². The Morgan fingerprint density at radius 3 is 2.00 bits per heavy atom. The van der Waals surface area contributed by atoms with Gasteiger partial charge in [-0.3, -0.25) is 0 Å². The highest BCUT2D eigenvalue weighted by Gasteiger charge is 2.16. The van der Waals surface area contributed by atoms with Crippen LogP contribution in [-0.2, 0) is 0 Å². The van der Waals surface area contributed by atoms with Crippen molar-refractivity contribution >= 4 is 0 Å². The molecule has 0 fully saturated rings. The fourth-order valence-electron chi connectivity index (χ4n) is 0.721. The van der Waals surface area contributed by atoms with Gasteiger partial charge in [0.15, 0.2) is 0 Å². The fraction of sp³-hybridized carbons (Fsp3) is 1.00. The van der Waals surface area contributed by atoms with E-state index in [1.807, 2.05) is 6.92 Å². The Kier molecular flexibility index (Phi) is 3.15. The molecule has 0 aliphatic carbocycles. The van der Waals surface area contributed by atoms with Crippen molar-refractivity contribution in [1.29, 1.82) is 0 Å². The van der Waals surface area contributed by atoms with E-state index in [1.54, 1.807) is 13.8 Å². The molecule has 0 saturated heterocycles. The maximum Gasteiger partial charge on any atom is 0.0616 e. The third-order valence-electron chi connectivity index (χ3n) is 1.21. The van der Waals surface area contributed by atoms with Crippen LogP contribution in [0.15, 0.2) is 0 Å². The fourth-order valence-corrected chi connectivity index (χ4v) is 0.721. The standard InChI is InChI=1S/C7H16O2/c1-4-6(8)5-7(2,3)9/h6,8-9H,4-5H2,1-3H3/t6-/m0/s1. The van der Waals surface area contributed by atoms with Crippen molar-refractivity contribution in [3.8, 4) is 0 Å². The van der Waals surface area contributed by atoms with E-state index in [4.69, 9.17) is 10.2 Å². The maximum absolute atomic E-state index is 9.16. The first-order valence-electron chi connectivity index (χ1n) is 3.36. The van der Waals surface area contributed by atoms with E-state index in [2.05, 4.69) is 0 Å². The molecule has 0 heterocycles. The van der Waals surface area contributed by atoms with Crippen LogP contribution in [0.25, 0.3) is 0 Å². The zero-order valence-corrected chi connectivity index (χ0v) is 6.39. The average molecular weight is 132 g/mol. The molecule has 0 aromatic rings. The molecular weight excluding hydrogens is 116 g/mol. The van der Waals surface area contributed by atoms with Crippen LogP contribution in [-0.4, -0.2) is 21.9 Å². The Labute approximate surface area is 56.5 Å². The first-order valence-corrected chi connectivity index (χ1v) is 3.36. The summed E-state index contributed by atoms with van der Waals surface area (Å²) in [7, 11) is 0. The van der Waals surface area contributed by atoms with Crippen molar-refractivity contribution in [3.05, 3.63) is 0 Å². The van der Waals surface area contributed by atoms with Crippen LogP contribution in [0, 0.1) is 0 Å². The zero-order chi connectivity index (χ0) is 7.49. The van der Waals surface area contributed by atoms with Gasteiger partial charge in [0.25, 0.3) is 0 Å². The third kappa shape index (κ3) is 5.80. The van der Waals surface area contributed by atoms with Gasteiger partial charge in [-0.05, 0) is 20.3 Å². The van der Waals surface area contributed by atoms with Crippen molar-refractivity contribution in [3.63, 3.8) is 0 Å². The first-order chi connectivity index (χ1) is 3.95. The highest BCUT2D eigenvalue weighted by Crippen LogP contribution is 2.11. The van der Waals surface area contributed by atoms with E-state index in [9.17, 15) is 0 Å². The molecule has 0 aliphatic rings. The molecule has 0 aliphatic heterocycles. The lowest BCUT2D eigenvalue weighted by Gasteiger charge is -2.19. The van der Waals surface area contributed by atoms with Crippen LogP contribution in [0.2, 0.25) is 0 Å². The van der Waals surface area contributed by atoms with Gasteiger partial charge < -0.3 is 10.2 Å². The van der Waals surface area contributed by atoms with Crippen LogP contribution in [0.4, 0.5) is 0 Å². The number of rotatable bonds is 3. The number of hydrogen-bond donors (Lipinski definition) is 2. The third-order valence-corrected chi connectivity index (χ3v) is 1.21. The quantitative estimate of drug-likeness (QED) is 0.599. The Morgan fingerprint density at radius 2 is 1.89 bits per heavy atom. The molecule has 2 nitrogen and oxygen atoms in total. The monoisotopic (exact) mass is 132 g/mol. The lowest BCUT2D eigenvalue weighted by molar-refractivity contribution is 0.0175. The minimum atomic E-state index is -0.727. The Bertz CT molecular complexity index is 73.5. The van der Waals surface area contributed by atoms with Crippen LogP contribution in [0.1, 0.15) is 33.6 Å². The van der Waals surface area contributed by atoms with Crippen LogP contribution >= 0.6 is 0 Å². The molecule has 0 aromatic carbocycles. The van der Waals surface area contributed by atoms with Gasteiger partial charge in [0, 0.05) is 6.42 Å². The summed E-state index contributed by atoms with van der Waals surface area (Å²) in [4.78, 5) is 0. The SMILES string of the molecule is CC[C@H](O)CC(C)(C)O. The number of aliphatic hydroxyl groups excluding tert-OH is 1. The first kappa shape index (κ1) is 8.92. The van der Waals surface area contributed by atoms with Crippen LogP contribution < -0.4 is 0 Å². The molecule has 0 aromatic heterocycles. The molecule has 0 bridgehead atoms. The summed E-state index contributed by atoms with van der Waals surface area (Å²) in [6.07, 6.45) is 0.818. The van der Waals surface area contributed by atoms with E-state index >= 15 is 0 Å². The minimum Gasteiger partial charge on any atom is -0.393 e. The van der Waals surface area contributed by atoms with E-state index in [-0.39, 0.29) is 6.10 Å². The molecule has 2 heteroatoms. The molecule has 0 radical (unpaired) electrons. The van der Waals surface area contributed by atoms with E-state index in [0.29, 0.717) is 12.8 Å². The Hall–Kier alpha value is -0.0800. The predicted molar refractivity (Wildman–Crippen MR) is 37.2 cm³/mol. The highest BCUT2D eigenvalue weighted by molar-refractivity contribution is 4.69. The second-order valence-electron chi connectivity index (χ2n) is 3.08. The van der Waals surface area contributed by atoms with Gasteiger partial charge in [-0.1, -0.05) is 6.92 Å². The molecule has 0 unspecified atom stereocenters. The van der Waals surface area contributed by atoms with Gasteiger partial charge in [0.2, 0.25) is 0 Å². The average Bonchev–Trinajstić information content (AvgIpc) is 1.62. The summed E-state index contributed by atoms with van der Waals surface area (Å²) in [5, 5.41) is 18.2. The van der Waals surface area contributed by atoms with Crippen LogP contribution in [0.3, 0.4) is 0 Å². The molecule has 9 heavy (non-hydrogen) atoms. The van der Waals surface area contributed by atoms with Crippen molar-refractivity contribution in [2.45, 2.75) is 45.3 Å². The minimum absolute atomic E-state index is 0.356. The Balaban J connectivity index is 3.47. The number of hydrogen-bond acceptors (Lipinski definition) is 2. The topological polar surface area (TPSA) is 40.5 Å². The van der Waals surface area contributed by atoms with Crippen molar-refractivity contribution < 1.29 is 10.2 Å². The summed E-state index contributed by atoms with van der Waals surface area (Å²) in [5.41, 5.74) is -0.727. The van der Waals surface area contributed by atoms with Gasteiger partial charge in [-0.2, -0.15) is 0 Å².